The molecule has 1 heterocycles. The summed E-state index contributed by atoms with van der Waals surface area (Å²) in [6.45, 7) is 12.9. The Morgan fingerprint density at radius 2 is 2.04 bits per heavy atom. The third-order valence-corrected chi connectivity index (χ3v) is 4.67. The summed E-state index contributed by atoms with van der Waals surface area (Å²) in [5.41, 5.74) is 2.14. The first kappa shape index (κ1) is 19.1. The van der Waals surface area contributed by atoms with E-state index in [1.54, 1.807) is 0 Å². The van der Waals surface area contributed by atoms with E-state index in [0.29, 0.717) is 0 Å². The van der Waals surface area contributed by atoms with E-state index in [4.69, 9.17) is 4.74 Å². The summed E-state index contributed by atoms with van der Waals surface area (Å²) < 4.78 is 6.85. The van der Waals surface area contributed by atoms with Crippen molar-refractivity contribution in [3.05, 3.63) is 28.2 Å². The monoisotopic (exact) mass is 394 g/mol. The lowest BCUT2D eigenvalue weighted by Crippen LogP contribution is -2.46. The zero-order chi connectivity index (χ0) is 17.7. The molecule has 1 aliphatic rings. The van der Waals surface area contributed by atoms with Crippen LogP contribution in [-0.4, -0.2) is 56.3 Å². The van der Waals surface area contributed by atoms with Gasteiger partial charge in [-0.3, -0.25) is 9.89 Å². The number of halogens is 1. The van der Waals surface area contributed by atoms with Crippen LogP contribution < -0.4 is 5.01 Å². The van der Waals surface area contributed by atoms with Crippen LogP contribution in [0.5, 0.6) is 0 Å². The van der Waals surface area contributed by atoms with Crippen LogP contribution in [0.15, 0.2) is 32.8 Å². The van der Waals surface area contributed by atoms with Crippen LogP contribution in [0.3, 0.4) is 0 Å². The third-order valence-electron chi connectivity index (χ3n) is 4.18. The molecule has 1 aromatic rings. The SMILES string of the molecule is C=NN(C(CCN1CC(C)OC(C)C1)=NC)c1ccc(Br)cc1C. The fourth-order valence-electron chi connectivity index (χ4n) is 3.19. The van der Waals surface area contributed by atoms with Crippen molar-refractivity contribution >= 4 is 34.2 Å². The van der Waals surface area contributed by atoms with Crippen LogP contribution in [0.1, 0.15) is 25.8 Å². The smallest absolute Gasteiger partial charge is 0.126 e. The Balaban J connectivity index is 2.07. The molecule has 6 heteroatoms. The molecule has 2 atom stereocenters. The first-order valence-electron chi connectivity index (χ1n) is 8.31. The maximum Gasteiger partial charge on any atom is 0.126 e. The minimum absolute atomic E-state index is 0.276. The van der Waals surface area contributed by atoms with Gasteiger partial charge in [0, 0.05) is 44.3 Å². The molecule has 0 aliphatic carbocycles. The molecule has 0 N–H and O–H groups in total. The summed E-state index contributed by atoms with van der Waals surface area (Å²) >= 11 is 3.50. The van der Waals surface area contributed by atoms with Gasteiger partial charge in [0.05, 0.1) is 17.9 Å². The largest absolute Gasteiger partial charge is 0.373 e. The number of anilines is 1. The average Bonchev–Trinajstić information content (AvgIpc) is 2.51. The minimum atomic E-state index is 0.276. The van der Waals surface area contributed by atoms with Crippen molar-refractivity contribution in [3.8, 4) is 0 Å². The summed E-state index contributed by atoms with van der Waals surface area (Å²) in [7, 11) is 1.81. The van der Waals surface area contributed by atoms with Gasteiger partial charge in [-0.15, -0.1) is 0 Å². The number of hydrogen-bond acceptors (Lipinski definition) is 4. The lowest BCUT2D eigenvalue weighted by molar-refractivity contribution is -0.0671. The maximum absolute atomic E-state index is 5.80. The predicted molar refractivity (Wildman–Crippen MR) is 105 cm³/mol. The first-order chi connectivity index (χ1) is 11.4. The molecule has 1 aromatic carbocycles. The van der Waals surface area contributed by atoms with Gasteiger partial charge in [0.15, 0.2) is 0 Å². The summed E-state index contributed by atoms with van der Waals surface area (Å²) in [5, 5.41) is 6.05. The molecule has 2 unspecified atom stereocenters. The predicted octanol–water partition coefficient (Wildman–Crippen LogP) is 3.71. The van der Waals surface area contributed by atoms with Crippen molar-refractivity contribution in [1.82, 2.24) is 4.90 Å². The van der Waals surface area contributed by atoms with E-state index in [1.165, 1.54) is 0 Å². The van der Waals surface area contributed by atoms with E-state index in [-0.39, 0.29) is 12.2 Å². The van der Waals surface area contributed by atoms with Gasteiger partial charge in [-0.2, -0.15) is 5.10 Å². The molecular weight excluding hydrogens is 368 g/mol. The molecule has 2 rings (SSSR count). The van der Waals surface area contributed by atoms with Gasteiger partial charge >= 0.3 is 0 Å². The molecule has 0 bridgehead atoms. The van der Waals surface area contributed by atoms with E-state index in [1.807, 2.05) is 24.2 Å². The van der Waals surface area contributed by atoms with Gasteiger partial charge in [-0.05, 0) is 44.5 Å². The van der Waals surface area contributed by atoms with E-state index < -0.39 is 0 Å². The topological polar surface area (TPSA) is 40.4 Å². The van der Waals surface area contributed by atoms with Crippen molar-refractivity contribution < 1.29 is 4.74 Å². The number of hydrazone groups is 1. The number of nitrogens with zero attached hydrogens (tertiary/aromatic N) is 4. The van der Waals surface area contributed by atoms with Crippen molar-refractivity contribution in [1.29, 1.82) is 0 Å². The minimum Gasteiger partial charge on any atom is -0.373 e. The number of amidine groups is 1. The molecule has 0 saturated carbocycles. The van der Waals surface area contributed by atoms with Crippen molar-refractivity contribution in [2.45, 2.75) is 39.4 Å². The normalized spacial score (nSPS) is 22.5. The lowest BCUT2D eigenvalue weighted by atomic mass is 10.2. The molecule has 5 nitrogen and oxygen atoms in total. The van der Waals surface area contributed by atoms with Crippen LogP contribution in [0, 0.1) is 6.92 Å². The molecule has 132 valence electrons. The molecule has 0 amide bonds. The third kappa shape index (κ3) is 4.88. The Bertz CT molecular complexity index is 595. The first-order valence-corrected chi connectivity index (χ1v) is 9.10. The maximum atomic E-state index is 5.80. The number of aliphatic imine (C=N–C) groups is 1. The second-order valence-electron chi connectivity index (χ2n) is 6.29. The number of rotatable bonds is 5. The lowest BCUT2D eigenvalue weighted by Gasteiger charge is -2.35. The van der Waals surface area contributed by atoms with Crippen LogP contribution in [0.25, 0.3) is 0 Å². The second kappa shape index (κ2) is 8.74. The van der Waals surface area contributed by atoms with Gasteiger partial charge < -0.3 is 4.74 Å². The fraction of sp³-hybridized carbons (Fsp3) is 0.556. The van der Waals surface area contributed by atoms with E-state index in [2.05, 4.69) is 64.5 Å². The highest BCUT2D eigenvalue weighted by Crippen LogP contribution is 2.25. The van der Waals surface area contributed by atoms with Crippen LogP contribution >= 0.6 is 15.9 Å². The van der Waals surface area contributed by atoms with Gasteiger partial charge in [0.1, 0.15) is 5.84 Å². The molecule has 1 saturated heterocycles. The highest BCUT2D eigenvalue weighted by Gasteiger charge is 2.23. The van der Waals surface area contributed by atoms with E-state index in [0.717, 1.165) is 47.6 Å². The van der Waals surface area contributed by atoms with Gasteiger partial charge in [0.2, 0.25) is 0 Å². The van der Waals surface area contributed by atoms with Gasteiger partial charge in [0.25, 0.3) is 0 Å². The number of aryl methyl sites for hydroxylation is 1. The Hall–Kier alpha value is -1.24. The molecule has 24 heavy (non-hydrogen) atoms. The van der Waals surface area contributed by atoms with Crippen molar-refractivity contribution in [2.24, 2.45) is 10.1 Å². The average molecular weight is 395 g/mol. The zero-order valence-electron chi connectivity index (χ0n) is 15.0. The zero-order valence-corrected chi connectivity index (χ0v) is 16.6. The number of ether oxygens (including phenoxy) is 1. The van der Waals surface area contributed by atoms with Gasteiger partial charge in [-0.1, -0.05) is 15.9 Å². The number of benzene rings is 1. The fourth-order valence-corrected chi connectivity index (χ4v) is 3.67. The highest BCUT2D eigenvalue weighted by atomic mass is 79.9. The van der Waals surface area contributed by atoms with Crippen LogP contribution in [-0.2, 0) is 4.74 Å². The van der Waals surface area contributed by atoms with E-state index in [9.17, 15) is 0 Å². The number of hydrogen-bond donors (Lipinski definition) is 0. The Kier molecular flexibility index (Phi) is 6.95. The van der Waals surface area contributed by atoms with Crippen LogP contribution in [0.2, 0.25) is 0 Å². The molecule has 1 aliphatic heterocycles. The molecule has 0 aromatic heterocycles. The standard InChI is InChI=1S/C18H27BrN4O/c1-13-10-16(19)6-7-17(13)23(21-5)18(20-4)8-9-22-11-14(2)24-15(3)12-22/h6-7,10,14-15H,5,8-9,11-12H2,1-4H3. The Morgan fingerprint density at radius 1 is 1.38 bits per heavy atom. The molecule has 0 spiro atoms. The number of morpholine rings is 1. The quantitative estimate of drug-likeness (QED) is 0.434. The summed E-state index contributed by atoms with van der Waals surface area (Å²) in [4.78, 5) is 6.89. The summed E-state index contributed by atoms with van der Waals surface area (Å²) in [5.74, 6) is 0.919. The van der Waals surface area contributed by atoms with Gasteiger partial charge in [-0.25, -0.2) is 5.01 Å². The molecular formula is C18H27BrN4O. The van der Waals surface area contributed by atoms with Crippen molar-refractivity contribution in [3.63, 3.8) is 0 Å². The molecule has 0 radical (unpaired) electrons. The summed E-state index contributed by atoms with van der Waals surface area (Å²) in [6.07, 6.45) is 1.38. The summed E-state index contributed by atoms with van der Waals surface area (Å²) in [6, 6.07) is 6.13. The van der Waals surface area contributed by atoms with Crippen LogP contribution in [0.4, 0.5) is 5.69 Å². The Labute approximate surface area is 153 Å². The highest BCUT2D eigenvalue weighted by molar-refractivity contribution is 9.10. The Morgan fingerprint density at radius 3 is 2.58 bits per heavy atom. The molecule has 1 fully saturated rings. The second-order valence-corrected chi connectivity index (χ2v) is 7.21. The van der Waals surface area contributed by atoms with Crippen molar-refractivity contribution in [2.75, 3.05) is 31.7 Å². The van der Waals surface area contributed by atoms with E-state index >= 15 is 0 Å².